The Labute approximate surface area is 169 Å². The second kappa shape index (κ2) is 8.20. The molecule has 0 aliphatic carbocycles. The second-order valence-corrected chi connectivity index (χ2v) is 7.01. The molecule has 146 valence electrons. The molecule has 0 amide bonds. The molecule has 0 spiro atoms. The molecule has 0 fully saturated rings. The van der Waals surface area contributed by atoms with Crippen LogP contribution in [0, 0.1) is 0 Å². The number of hydrogen-bond acceptors (Lipinski definition) is 7. The first-order valence-corrected chi connectivity index (χ1v) is 9.55. The maximum atomic E-state index is 12.3. The van der Waals surface area contributed by atoms with Crippen LogP contribution in [0.25, 0.3) is 21.4 Å². The van der Waals surface area contributed by atoms with E-state index in [4.69, 9.17) is 18.6 Å². The largest absolute Gasteiger partial charge is 0.493 e. The summed E-state index contributed by atoms with van der Waals surface area (Å²) in [7, 11) is 1.52. The van der Waals surface area contributed by atoms with E-state index in [0.29, 0.717) is 33.1 Å². The number of fused-ring (bicyclic) bond motifs is 1. The van der Waals surface area contributed by atoms with Gasteiger partial charge >= 0.3 is 10.9 Å². The average molecular weight is 408 g/mol. The predicted molar refractivity (Wildman–Crippen MR) is 110 cm³/mol. The summed E-state index contributed by atoms with van der Waals surface area (Å²) in [4.78, 5) is 23.6. The number of carbonyl (C=O) groups excluding carboxylic acids is 1. The van der Waals surface area contributed by atoms with E-state index in [-0.39, 0.29) is 6.61 Å². The molecule has 3 aromatic carbocycles. The minimum absolute atomic E-state index is 0.291. The van der Waals surface area contributed by atoms with E-state index in [1.54, 1.807) is 36.4 Å². The summed E-state index contributed by atoms with van der Waals surface area (Å²) in [5, 5.41) is 0. The normalized spacial score (nSPS) is 10.7. The Bertz CT molecular complexity index is 1210. The van der Waals surface area contributed by atoms with Crippen LogP contribution in [0.2, 0.25) is 0 Å². The highest BCUT2D eigenvalue weighted by Crippen LogP contribution is 2.34. The van der Waals surface area contributed by atoms with E-state index < -0.39 is 10.9 Å². The monoisotopic (exact) mass is 408 g/mol. The molecule has 0 bridgehead atoms. The number of rotatable bonds is 6. The fraction of sp³-hybridized carbons (Fsp3) is 0.0909. The third-order valence-electron chi connectivity index (χ3n) is 4.14. The van der Waals surface area contributed by atoms with Crippen molar-refractivity contribution in [2.75, 3.05) is 13.7 Å². The van der Waals surface area contributed by atoms with Crippen molar-refractivity contribution in [2.24, 2.45) is 0 Å². The van der Waals surface area contributed by atoms with Crippen molar-refractivity contribution >= 4 is 27.6 Å². The lowest BCUT2D eigenvalue weighted by atomic mass is 10.0. The van der Waals surface area contributed by atoms with Crippen LogP contribution in [-0.4, -0.2) is 19.7 Å². The van der Waals surface area contributed by atoms with Gasteiger partial charge in [-0.3, -0.25) is 0 Å². The molecule has 0 saturated carbocycles. The maximum Gasteiger partial charge on any atom is 0.396 e. The van der Waals surface area contributed by atoms with Gasteiger partial charge in [-0.1, -0.05) is 53.8 Å². The van der Waals surface area contributed by atoms with E-state index in [0.717, 1.165) is 16.9 Å². The molecule has 4 rings (SSSR count). The molecule has 6 nitrogen and oxygen atoms in total. The molecule has 0 aliphatic rings. The lowest BCUT2D eigenvalue weighted by molar-refractivity contribution is -0.136. The highest BCUT2D eigenvalue weighted by molar-refractivity contribution is 7.16. The zero-order valence-electron chi connectivity index (χ0n) is 15.4. The molecule has 1 aromatic heterocycles. The van der Waals surface area contributed by atoms with Crippen LogP contribution in [0.4, 0.5) is 0 Å². The SMILES string of the molecule is COc1ccccc1OCC(=O)Oc1cc(-c2ccccc2)c2oc(=O)sc2c1. The van der Waals surface area contributed by atoms with Gasteiger partial charge in [0.15, 0.2) is 23.7 Å². The van der Waals surface area contributed by atoms with Gasteiger partial charge in [0, 0.05) is 11.6 Å². The molecular weight excluding hydrogens is 392 g/mol. The predicted octanol–water partition coefficient (Wildman–Crippen LogP) is 4.51. The number of para-hydroxylation sites is 2. The molecule has 7 heteroatoms. The Morgan fingerprint density at radius 1 is 1.00 bits per heavy atom. The Hall–Kier alpha value is -3.58. The molecule has 4 aromatic rings. The Morgan fingerprint density at radius 2 is 1.72 bits per heavy atom. The van der Waals surface area contributed by atoms with Gasteiger partial charge in [0.2, 0.25) is 0 Å². The summed E-state index contributed by atoms with van der Waals surface area (Å²) in [6, 6.07) is 19.7. The summed E-state index contributed by atoms with van der Waals surface area (Å²) >= 11 is 0.956. The topological polar surface area (TPSA) is 75.0 Å². The summed E-state index contributed by atoms with van der Waals surface area (Å²) < 4.78 is 22.1. The van der Waals surface area contributed by atoms with Crippen molar-refractivity contribution in [2.45, 2.75) is 0 Å². The summed E-state index contributed by atoms with van der Waals surface area (Å²) in [6.45, 7) is -0.291. The minimum Gasteiger partial charge on any atom is -0.493 e. The van der Waals surface area contributed by atoms with Gasteiger partial charge in [0.05, 0.1) is 11.8 Å². The summed E-state index contributed by atoms with van der Waals surface area (Å²) in [6.07, 6.45) is 0. The summed E-state index contributed by atoms with van der Waals surface area (Å²) in [5.41, 5.74) is 1.99. The zero-order chi connectivity index (χ0) is 20.2. The Balaban J connectivity index is 1.58. The van der Waals surface area contributed by atoms with Crippen molar-refractivity contribution in [3.63, 3.8) is 0 Å². The number of hydrogen-bond donors (Lipinski definition) is 0. The molecule has 0 N–H and O–H groups in total. The first-order valence-electron chi connectivity index (χ1n) is 8.73. The van der Waals surface area contributed by atoms with E-state index in [1.165, 1.54) is 7.11 Å². The van der Waals surface area contributed by atoms with Crippen molar-refractivity contribution in [1.82, 2.24) is 0 Å². The standard InChI is InChI=1S/C22H16O6S/c1-25-17-9-5-6-10-18(17)26-13-20(23)27-15-11-16(14-7-3-2-4-8-14)21-19(12-15)29-22(24)28-21/h2-12H,13H2,1H3. The molecule has 29 heavy (non-hydrogen) atoms. The van der Waals surface area contributed by atoms with E-state index in [2.05, 4.69) is 0 Å². The summed E-state index contributed by atoms with van der Waals surface area (Å²) in [5.74, 6) is 0.698. The quantitative estimate of drug-likeness (QED) is 0.345. The van der Waals surface area contributed by atoms with Gasteiger partial charge in [-0.15, -0.1) is 0 Å². The van der Waals surface area contributed by atoms with Crippen LogP contribution in [0.3, 0.4) is 0 Å². The molecule has 0 saturated heterocycles. The molecule has 0 atom stereocenters. The molecule has 0 unspecified atom stereocenters. The van der Waals surface area contributed by atoms with Gasteiger partial charge < -0.3 is 18.6 Å². The van der Waals surface area contributed by atoms with Gasteiger partial charge in [-0.25, -0.2) is 9.59 Å². The van der Waals surface area contributed by atoms with Crippen LogP contribution in [0.5, 0.6) is 17.2 Å². The Morgan fingerprint density at radius 3 is 2.48 bits per heavy atom. The lowest BCUT2D eigenvalue weighted by Gasteiger charge is -2.11. The van der Waals surface area contributed by atoms with Crippen LogP contribution >= 0.6 is 11.3 Å². The van der Waals surface area contributed by atoms with Gasteiger partial charge in [-0.2, -0.15) is 0 Å². The van der Waals surface area contributed by atoms with Crippen LogP contribution in [-0.2, 0) is 4.79 Å². The van der Waals surface area contributed by atoms with E-state index in [1.807, 2.05) is 30.3 Å². The second-order valence-electron chi connectivity index (χ2n) is 6.03. The highest BCUT2D eigenvalue weighted by atomic mass is 32.1. The number of benzene rings is 3. The fourth-order valence-electron chi connectivity index (χ4n) is 2.88. The average Bonchev–Trinajstić information content (AvgIpc) is 3.12. The maximum absolute atomic E-state index is 12.3. The lowest BCUT2D eigenvalue weighted by Crippen LogP contribution is -2.18. The number of methoxy groups -OCH3 is 1. The smallest absolute Gasteiger partial charge is 0.396 e. The first-order chi connectivity index (χ1) is 14.1. The van der Waals surface area contributed by atoms with Crippen molar-refractivity contribution < 1.29 is 23.4 Å². The Kier molecular flexibility index (Phi) is 5.31. The zero-order valence-corrected chi connectivity index (χ0v) is 16.2. The van der Waals surface area contributed by atoms with E-state index in [9.17, 15) is 9.59 Å². The third-order valence-corrected chi connectivity index (χ3v) is 4.91. The molecular formula is C22H16O6S. The molecule has 0 aliphatic heterocycles. The minimum atomic E-state index is -0.579. The first kappa shape index (κ1) is 18.8. The van der Waals surface area contributed by atoms with Gasteiger partial charge in [0.1, 0.15) is 5.75 Å². The van der Waals surface area contributed by atoms with Crippen molar-refractivity contribution in [1.29, 1.82) is 0 Å². The van der Waals surface area contributed by atoms with Crippen molar-refractivity contribution in [3.8, 4) is 28.4 Å². The fourth-order valence-corrected chi connectivity index (χ4v) is 3.60. The van der Waals surface area contributed by atoms with E-state index >= 15 is 0 Å². The van der Waals surface area contributed by atoms with Crippen LogP contribution in [0.15, 0.2) is 75.9 Å². The molecule has 1 heterocycles. The number of ether oxygens (including phenoxy) is 3. The third kappa shape index (κ3) is 4.14. The van der Waals surface area contributed by atoms with Crippen LogP contribution in [0.1, 0.15) is 0 Å². The number of esters is 1. The molecule has 0 radical (unpaired) electrons. The van der Waals surface area contributed by atoms with Crippen molar-refractivity contribution in [3.05, 3.63) is 76.5 Å². The van der Waals surface area contributed by atoms with Crippen LogP contribution < -0.4 is 19.1 Å². The van der Waals surface area contributed by atoms with Gasteiger partial charge in [0.25, 0.3) is 0 Å². The number of carbonyl (C=O) groups is 1. The highest BCUT2D eigenvalue weighted by Gasteiger charge is 2.15. The van der Waals surface area contributed by atoms with Gasteiger partial charge in [-0.05, 0) is 23.8 Å².